The van der Waals surface area contributed by atoms with Crippen molar-refractivity contribution in [1.29, 1.82) is 0 Å². The molecule has 2 amide bonds. The molecule has 0 unspecified atom stereocenters. The summed E-state index contributed by atoms with van der Waals surface area (Å²) in [7, 11) is 3.56. The van der Waals surface area contributed by atoms with Crippen molar-refractivity contribution in [2.45, 2.75) is 18.9 Å². The topological polar surface area (TPSA) is 67.4 Å². The van der Waals surface area contributed by atoms with Crippen molar-refractivity contribution in [3.8, 4) is 0 Å². The van der Waals surface area contributed by atoms with E-state index in [1.54, 1.807) is 31.3 Å². The van der Waals surface area contributed by atoms with Gasteiger partial charge in [0.2, 0.25) is 0 Å². The fraction of sp³-hybridized carbons (Fsp3) is 0.636. The molecule has 0 aromatic carbocycles. The molecule has 1 fully saturated rings. The molecule has 0 saturated carbocycles. The van der Waals surface area contributed by atoms with Crippen molar-refractivity contribution in [3.63, 3.8) is 0 Å². The summed E-state index contributed by atoms with van der Waals surface area (Å²) in [6, 6.07) is 2.20. The summed E-state index contributed by atoms with van der Waals surface area (Å²) in [5.41, 5.74) is 5.83. The standard InChI is InChI=1S/C11H19N5O/c1-14(2)11(17)15-7-4-9(5-8-15)16-10(12)3-6-13-16/h3,6,9H,4-5,7-8,12H2,1-2H3. The number of urea groups is 1. The van der Waals surface area contributed by atoms with Crippen molar-refractivity contribution < 1.29 is 4.79 Å². The first-order valence-electron chi connectivity index (χ1n) is 5.85. The monoisotopic (exact) mass is 237 g/mol. The van der Waals surface area contributed by atoms with Crippen molar-refractivity contribution in [1.82, 2.24) is 19.6 Å². The van der Waals surface area contributed by atoms with E-state index in [1.165, 1.54) is 0 Å². The highest BCUT2D eigenvalue weighted by Crippen LogP contribution is 2.24. The number of hydrogen-bond acceptors (Lipinski definition) is 3. The first kappa shape index (κ1) is 11.8. The van der Waals surface area contributed by atoms with Crippen LogP contribution < -0.4 is 5.73 Å². The molecular formula is C11H19N5O. The van der Waals surface area contributed by atoms with E-state index in [9.17, 15) is 4.79 Å². The Bertz CT molecular complexity index is 392. The van der Waals surface area contributed by atoms with E-state index in [-0.39, 0.29) is 6.03 Å². The second-order valence-electron chi connectivity index (χ2n) is 4.60. The molecule has 2 heterocycles. The summed E-state index contributed by atoms with van der Waals surface area (Å²) >= 11 is 0. The molecule has 0 spiro atoms. The Morgan fingerprint density at radius 3 is 2.59 bits per heavy atom. The Balaban J connectivity index is 1.95. The summed E-state index contributed by atoms with van der Waals surface area (Å²) < 4.78 is 1.86. The number of carbonyl (C=O) groups is 1. The van der Waals surface area contributed by atoms with Crippen molar-refractivity contribution >= 4 is 11.8 Å². The van der Waals surface area contributed by atoms with Crippen LogP contribution in [0.25, 0.3) is 0 Å². The zero-order chi connectivity index (χ0) is 12.4. The fourth-order valence-electron chi connectivity index (χ4n) is 2.21. The molecule has 1 aliphatic rings. The highest BCUT2D eigenvalue weighted by atomic mass is 16.2. The second kappa shape index (κ2) is 4.65. The van der Waals surface area contributed by atoms with E-state index in [0.717, 1.165) is 25.9 Å². The molecule has 94 valence electrons. The SMILES string of the molecule is CN(C)C(=O)N1CCC(n2nccc2N)CC1. The number of nitrogens with zero attached hydrogens (tertiary/aromatic N) is 4. The normalized spacial score (nSPS) is 17.2. The lowest BCUT2D eigenvalue weighted by atomic mass is 10.1. The summed E-state index contributed by atoms with van der Waals surface area (Å²) in [6.07, 6.45) is 3.53. The van der Waals surface area contributed by atoms with E-state index < -0.39 is 0 Å². The van der Waals surface area contributed by atoms with Crippen LogP contribution in [-0.2, 0) is 0 Å². The minimum Gasteiger partial charge on any atom is -0.384 e. The molecule has 6 heteroatoms. The van der Waals surface area contributed by atoms with Gasteiger partial charge in [-0.05, 0) is 18.9 Å². The molecule has 0 radical (unpaired) electrons. The van der Waals surface area contributed by atoms with Crippen LogP contribution in [0.3, 0.4) is 0 Å². The Morgan fingerprint density at radius 1 is 1.47 bits per heavy atom. The zero-order valence-corrected chi connectivity index (χ0v) is 10.3. The van der Waals surface area contributed by atoms with Crippen LogP contribution in [0.15, 0.2) is 12.3 Å². The lowest BCUT2D eigenvalue weighted by Crippen LogP contribution is -2.44. The average molecular weight is 237 g/mol. The number of piperidine rings is 1. The van der Waals surface area contributed by atoms with Crippen LogP contribution in [0, 0.1) is 0 Å². The van der Waals surface area contributed by atoms with Gasteiger partial charge < -0.3 is 15.5 Å². The smallest absolute Gasteiger partial charge is 0.319 e. The number of carbonyl (C=O) groups excluding carboxylic acids is 1. The van der Waals surface area contributed by atoms with E-state index in [0.29, 0.717) is 11.9 Å². The lowest BCUT2D eigenvalue weighted by Gasteiger charge is -2.33. The van der Waals surface area contributed by atoms with Gasteiger partial charge in [-0.1, -0.05) is 0 Å². The molecule has 1 aliphatic heterocycles. The third-order valence-corrected chi connectivity index (χ3v) is 3.16. The maximum absolute atomic E-state index is 11.8. The van der Waals surface area contributed by atoms with Gasteiger partial charge in [-0.3, -0.25) is 0 Å². The quantitative estimate of drug-likeness (QED) is 0.785. The summed E-state index contributed by atoms with van der Waals surface area (Å²) in [5.74, 6) is 0.697. The summed E-state index contributed by atoms with van der Waals surface area (Å²) in [5, 5.41) is 4.22. The fourth-order valence-corrected chi connectivity index (χ4v) is 2.21. The van der Waals surface area contributed by atoms with Gasteiger partial charge in [0.15, 0.2) is 0 Å². The molecule has 1 aromatic heterocycles. The molecule has 2 rings (SSSR count). The number of aromatic nitrogens is 2. The molecule has 1 saturated heterocycles. The Hall–Kier alpha value is -1.72. The first-order chi connectivity index (χ1) is 8.09. The van der Waals surface area contributed by atoms with E-state index in [2.05, 4.69) is 5.10 Å². The average Bonchev–Trinajstić information content (AvgIpc) is 2.74. The maximum Gasteiger partial charge on any atom is 0.319 e. The number of rotatable bonds is 1. The summed E-state index contributed by atoms with van der Waals surface area (Å²) in [6.45, 7) is 1.53. The third kappa shape index (κ3) is 2.35. The maximum atomic E-state index is 11.8. The minimum atomic E-state index is 0.0805. The van der Waals surface area contributed by atoms with Crippen LogP contribution in [0.2, 0.25) is 0 Å². The Kier molecular flexibility index (Phi) is 3.21. The lowest BCUT2D eigenvalue weighted by molar-refractivity contribution is 0.146. The molecule has 6 nitrogen and oxygen atoms in total. The molecular weight excluding hydrogens is 218 g/mol. The van der Waals surface area contributed by atoms with Gasteiger partial charge >= 0.3 is 6.03 Å². The number of amides is 2. The predicted molar refractivity (Wildman–Crippen MR) is 65.6 cm³/mol. The molecule has 0 aliphatic carbocycles. The van der Waals surface area contributed by atoms with Crippen LogP contribution >= 0.6 is 0 Å². The van der Waals surface area contributed by atoms with Gasteiger partial charge in [0.25, 0.3) is 0 Å². The van der Waals surface area contributed by atoms with Crippen molar-refractivity contribution in [2.24, 2.45) is 0 Å². The number of likely N-dealkylation sites (tertiary alicyclic amines) is 1. The van der Waals surface area contributed by atoms with Crippen LogP contribution in [0.4, 0.5) is 10.6 Å². The first-order valence-corrected chi connectivity index (χ1v) is 5.85. The Labute approximate surface area is 101 Å². The minimum absolute atomic E-state index is 0.0805. The Morgan fingerprint density at radius 2 is 2.12 bits per heavy atom. The van der Waals surface area contributed by atoms with Crippen molar-refractivity contribution in [3.05, 3.63) is 12.3 Å². The molecule has 0 atom stereocenters. The van der Waals surface area contributed by atoms with Crippen molar-refractivity contribution in [2.75, 3.05) is 32.9 Å². The van der Waals surface area contributed by atoms with E-state index in [4.69, 9.17) is 5.73 Å². The van der Waals surface area contributed by atoms with Gasteiger partial charge in [0, 0.05) is 27.2 Å². The summed E-state index contributed by atoms with van der Waals surface area (Å²) in [4.78, 5) is 15.2. The number of nitrogen functional groups attached to an aromatic ring is 1. The van der Waals surface area contributed by atoms with Crippen LogP contribution in [-0.4, -0.2) is 52.8 Å². The number of hydrogen-bond donors (Lipinski definition) is 1. The molecule has 1 aromatic rings. The van der Waals surface area contributed by atoms with Gasteiger partial charge in [-0.25, -0.2) is 9.48 Å². The third-order valence-electron chi connectivity index (χ3n) is 3.16. The predicted octanol–water partition coefficient (Wildman–Crippen LogP) is 0.784. The second-order valence-corrected chi connectivity index (χ2v) is 4.60. The molecule has 2 N–H and O–H groups in total. The van der Waals surface area contributed by atoms with E-state index in [1.807, 2.05) is 9.58 Å². The molecule has 0 bridgehead atoms. The van der Waals surface area contributed by atoms with E-state index >= 15 is 0 Å². The largest absolute Gasteiger partial charge is 0.384 e. The molecule has 17 heavy (non-hydrogen) atoms. The highest BCUT2D eigenvalue weighted by molar-refractivity contribution is 5.73. The van der Waals surface area contributed by atoms with Crippen LogP contribution in [0.5, 0.6) is 0 Å². The van der Waals surface area contributed by atoms with Gasteiger partial charge in [0.1, 0.15) is 5.82 Å². The van der Waals surface area contributed by atoms with Gasteiger partial charge in [-0.15, -0.1) is 0 Å². The highest BCUT2D eigenvalue weighted by Gasteiger charge is 2.25. The van der Waals surface area contributed by atoms with Crippen LogP contribution in [0.1, 0.15) is 18.9 Å². The van der Waals surface area contributed by atoms with Gasteiger partial charge in [0.05, 0.1) is 12.2 Å². The van der Waals surface area contributed by atoms with Gasteiger partial charge in [-0.2, -0.15) is 5.10 Å². The zero-order valence-electron chi connectivity index (χ0n) is 10.3. The number of nitrogens with two attached hydrogens (primary N) is 1. The number of anilines is 1.